The summed E-state index contributed by atoms with van der Waals surface area (Å²) in [6, 6.07) is 3.70. The van der Waals surface area contributed by atoms with Gasteiger partial charge in [0.15, 0.2) is 0 Å². The third-order valence-electron chi connectivity index (χ3n) is 2.13. The van der Waals surface area contributed by atoms with Crippen LogP contribution in [0, 0.1) is 0 Å². The summed E-state index contributed by atoms with van der Waals surface area (Å²) in [5, 5.41) is 9.68. The van der Waals surface area contributed by atoms with Crippen molar-refractivity contribution >= 4 is 21.4 Å². The second-order valence-electron chi connectivity index (χ2n) is 3.01. The number of halogens is 1. The fourth-order valence-corrected chi connectivity index (χ4v) is 1.96. The van der Waals surface area contributed by atoms with Crippen LogP contribution in [-0.2, 0) is 0 Å². The predicted molar refractivity (Wildman–Crippen MR) is 56.9 cm³/mol. The van der Waals surface area contributed by atoms with E-state index in [-0.39, 0.29) is 6.54 Å². The molecule has 0 bridgehead atoms. The fraction of sp³-hybridized carbons (Fsp3) is 0.222. The van der Waals surface area contributed by atoms with Gasteiger partial charge < -0.3 is 15.2 Å². The van der Waals surface area contributed by atoms with Crippen LogP contribution in [0.5, 0.6) is 0 Å². The molecule has 0 saturated carbocycles. The zero-order valence-electron chi connectivity index (χ0n) is 7.39. The van der Waals surface area contributed by atoms with Gasteiger partial charge in [-0.05, 0) is 22.0 Å². The van der Waals surface area contributed by atoms with Crippen molar-refractivity contribution in [3.8, 4) is 0 Å². The predicted octanol–water partition coefficient (Wildman–Crippen LogP) is 1.09. The molecule has 0 fully saturated rings. The minimum absolute atomic E-state index is 0.206. The number of rotatable bonds is 2. The van der Waals surface area contributed by atoms with E-state index in [0.717, 1.165) is 15.7 Å². The number of nitrogens with zero attached hydrogens (tertiary/aromatic N) is 2. The first-order chi connectivity index (χ1) is 6.74. The van der Waals surface area contributed by atoms with E-state index >= 15 is 0 Å². The molecule has 2 aromatic rings. The number of aliphatic hydroxyl groups is 1. The summed E-state index contributed by atoms with van der Waals surface area (Å²) in [7, 11) is 0. The smallest absolute Gasteiger partial charge is 0.132 e. The van der Waals surface area contributed by atoms with Crippen LogP contribution >= 0.6 is 15.9 Å². The minimum atomic E-state index is -0.647. The molecule has 4 nitrogen and oxygen atoms in total. The van der Waals surface area contributed by atoms with Crippen molar-refractivity contribution in [3.63, 3.8) is 0 Å². The molecular formula is C9H10BrN3O. The molecule has 3 N–H and O–H groups in total. The first-order valence-corrected chi connectivity index (χ1v) is 5.02. The molecule has 14 heavy (non-hydrogen) atoms. The number of imidazole rings is 1. The fourth-order valence-electron chi connectivity index (χ4n) is 1.43. The molecule has 0 aliphatic rings. The van der Waals surface area contributed by atoms with Gasteiger partial charge in [0.2, 0.25) is 0 Å². The average Bonchev–Trinajstić information content (AvgIpc) is 2.59. The van der Waals surface area contributed by atoms with Crippen molar-refractivity contribution in [2.24, 2.45) is 5.73 Å². The molecule has 0 aliphatic heterocycles. The summed E-state index contributed by atoms with van der Waals surface area (Å²) in [5.41, 5.74) is 7.08. The van der Waals surface area contributed by atoms with Crippen molar-refractivity contribution < 1.29 is 5.11 Å². The standard InChI is InChI=1S/C9H10BrN3O/c10-9-8-6(7(14)4-11)2-1-3-13(8)5-12-9/h1-3,5,7,14H,4,11H2. The topological polar surface area (TPSA) is 63.5 Å². The van der Waals surface area contributed by atoms with Gasteiger partial charge in [0.05, 0.1) is 11.6 Å². The van der Waals surface area contributed by atoms with E-state index < -0.39 is 6.10 Å². The summed E-state index contributed by atoms with van der Waals surface area (Å²) in [5.74, 6) is 0. The molecule has 1 atom stereocenters. The van der Waals surface area contributed by atoms with Crippen molar-refractivity contribution in [2.75, 3.05) is 6.54 Å². The lowest BCUT2D eigenvalue weighted by Crippen LogP contribution is -2.12. The van der Waals surface area contributed by atoms with Gasteiger partial charge in [-0.15, -0.1) is 0 Å². The van der Waals surface area contributed by atoms with Crippen molar-refractivity contribution in [1.82, 2.24) is 9.38 Å². The van der Waals surface area contributed by atoms with Gasteiger partial charge in [-0.1, -0.05) is 6.07 Å². The van der Waals surface area contributed by atoms with Crippen LogP contribution in [0.25, 0.3) is 5.52 Å². The van der Waals surface area contributed by atoms with Crippen LogP contribution in [0.1, 0.15) is 11.7 Å². The van der Waals surface area contributed by atoms with Crippen molar-refractivity contribution in [3.05, 3.63) is 34.8 Å². The second-order valence-corrected chi connectivity index (χ2v) is 3.76. The van der Waals surface area contributed by atoms with E-state index in [1.165, 1.54) is 0 Å². The molecule has 2 heterocycles. The molecule has 74 valence electrons. The number of nitrogens with two attached hydrogens (primary N) is 1. The second kappa shape index (κ2) is 3.68. The Labute approximate surface area is 89.5 Å². The van der Waals surface area contributed by atoms with E-state index in [0.29, 0.717) is 0 Å². The van der Waals surface area contributed by atoms with Crippen LogP contribution in [0.4, 0.5) is 0 Å². The molecule has 2 rings (SSSR count). The van der Waals surface area contributed by atoms with Gasteiger partial charge in [-0.2, -0.15) is 0 Å². The highest BCUT2D eigenvalue weighted by Crippen LogP contribution is 2.24. The molecule has 1 unspecified atom stereocenters. The van der Waals surface area contributed by atoms with Gasteiger partial charge in [0, 0.05) is 18.3 Å². The number of aliphatic hydroxyl groups excluding tert-OH is 1. The Kier molecular flexibility index (Phi) is 2.54. The van der Waals surface area contributed by atoms with Crippen LogP contribution in [0.2, 0.25) is 0 Å². The van der Waals surface area contributed by atoms with Gasteiger partial charge >= 0.3 is 0 Å². The van der Waals surface area contributed by atoms with Crippen LogP contribution in [0.3, 0.4) is 0 Å². The summed E-state index contributed by atoms with van der Waals surface area (Å²) in [6.45, 7) is 0.206. The Hall–Kier alpha value is -0.910. The highest BCUT2D eigenvalue weighted by Gasteiger charge is 2.12. The van der Waals surface area contributed by atoms with Crippen LogP contribution in [0.15, 0.2) is 29.3 Å². The third kappa shape index (κ3) is 1.43. The lowest BCUT2D eigenvalue weighted by molar-refractivity contribution is 0.188. The molecule has 0 spiro atoms. The van der Waals surface area contributed by atoms with Gasteiger partial charge in [-0.3, -0.25) is 0 Å². The first kappa shape index (κ1) is 9.64. The maximum Gasteiger partial charge on any atom is 0.132 e. The van der Waals surface area contributed by atoms with E-state index in [4.69, 9.17) is 5.73 Å². The Morgan fingerprint density at radius 3 is 3.14 bits per heavy atom. The molecule has 5 heteroatoms. The monoisotopic (exact) mass is 255 g/mol. The average molecular weight is 256 g/mol. The molecule has 0 amide bonds. The zero-order chi connectivity index (χ0) is 10.1. The molecule has 0 radical (unpaired) electrons. The number of hydrogen-bond acceptors (Lipinski definition) is 3. The van der Waals surface area contributed by atoms with E-state index in [9.17, 15) is 5.11 Å². The van der Waals surface area contributed by atoms with E-state index in [1.807, 2.05) is 22.7 Å². The molecular weight excluding hydrogens is 246 g/mol. The molecule has 0 aliphatic carbocycles. The normalized spacial score (nSPS) is 13.4. The highest BCUT2D eigenvalue weighted by molar-refractivity contribution is 9.10. The number of pyridine rings is 1. The molecule has 0 saturated heterocycles. The summed E-state index contributed by atoms with van der Waals surface area (Å²) < 4.78 is 2.57. The van der Waals surface area contributed by atoms with Crippen LogP contribution in [-0.4, -0.2) is 21.0 Å². The van der Waals surface area contributed by atoms with Gasteiger partial charge in [0.1, 0.15) is 10.9 Å². The van der Waals surface area contributed by atoms with Crippen molar-refractivity contribution in [2.45, 2.75) is 6.10 Å². The SMILES string of the molecule is NCC(O)c1cccn2cnc(Br)c12. The number of hydrogen-bond donors (Lipinski definition) is 2. The number of fused-ring (bicyclic) bond motifs is 1. The quantitative estimate of drug-likeness (QED) is 0.845. The van der Waals surface area contributed by atoms with Gasteiger partial charge in [-0.25, -0.2) is 4.98 Å². The highest BCUT2D eigenvalue weighted by atomic mass is 79.9. The summed E-state index contributed by atoms with van der Waals surface area (Å²) >= 11 is 3.33. The summed E-state index contributed by atoms with van der Waals surface area (Å²) in [4.78, 5) is 4.10. The Morgan fingerprint density at radius 1 is 1.64 bits per heavy atom. The number of aromatic nitrogens is 2. The maximum atomic E-state index is 9.68. The van der Waals surface area contributed by atoms with Crippen LogP contribution < -0.4 is 5.73 Å². The molecule has 2 aromatic heterocycles. The summed E-state index contributed by atoms with van der Waals surface area (Å²) in [6.07, 6.45) is 2.91. The Balaban J connectivity index is 2.69. The Bertz CT molecular complexity index is 454. The maximum absolute atomic E-state index is 9.68. The third-order valence-corrected chi connectivity index (χ3v) is 2.71. The zero-order valence-corrected chi connectivity index (χ0v) is 8.98. The van der Waals surface area contributed by atoms with Crippen molar-refractivity contribution in [1.29, 1.82) is 0 Å². The Morgan fingerprint density at radius 2 is 2.43 bits per heavy atom. The minimum Gasteiger partial charge on any atom is -0.387 e. The lowest BCUT2D eigenvalue weighted by atomic mass is 10.1. The van der Waals surface area contributed by atoms with E-state index in [2.05, 4.69) is 20.9 Å². The van der Waals surface area contributed by atoms with Gasteiger partial charge in [0.25, 0.3) is 0 Å². The lowest BCUT2D eigenvalue weighted by Gasteiger charge is -2.09. The largest absolute Gasteiger partial charge is 0.387 e. The first-order valence-electron chi connectivity index (χ1n) is 4.23. The van der Waals surface area contributed by atoms with E-state index in [1.54, 1.807) is 6.33 Å². The molecule has 0 aromatic carbocycles.